The van der Waals surface area contributed by atoms with Gasteiger partial charge in [0.05, 0.1) is 5.56 Å². The van der Waals surface area contributed by atoms with E-state index in [0.29, 0.717) is 43.1 Å². The quantitative estimate of drug-likeness (QED) is 0.599. The van der Waals surface area contributed by atoms with Crippen LogP contribution in [0, 0.1) is 12.3 Å². The highest BCUT2D eigenvalue weighted by Crippen LogP contribution is 2.41. The van der Waals surface area contributed by atoms with Gasteiger partial charge in [-0.25, -0.2) is 4.98 Å². The van der Waals surface area contributed by atoms with Gasteiger partial charge in [-0.05, 0) is 56.4 Å². The van der Waals surface area contributed by atoms with Crippen LogP contribution in [0.25, 0.3) is 0 Å². The lowest BCUT2D eigenvalue weighted by molar-refractivity contribution is -0.130. The third-order valence-corrected chi connectivity index (χ3v) is 7.50. The molecule has 0 aliphatic carbocycles. The molecule has 10 heteroatoms. The number of nitrogens with one attached hydrogen (secondary N) is 1. The summed E-state index contributed by atoms with van der Waals surface area (Å²) in [5.41, 5.74) is 0.753. The number of likely N-dealkylation sites (tertiary alicyclic amines) is 2. The lowest BCUT2D eigenvalue weighted by atomic mass is 9.77. The molecule has 2 aromatic rings. The number of anilines is 1. The molecule has 2 fully saturated rings. The Hall–Kier alpha value is -2.88. The van der Waals surface area contributed by atoms with Crippen molar-refractivity contribution in [2.45, 2.75) is 50.5 Å². The average Bonchev–Trinajstić information content (AvgIpc) is 3.45. The topological polar surface area (TPSA) is 109 Å². The smallest absolute Gasteiger partial charge is 0.256 e. The van der Waals surface area contributed by atoms with Crippen molar-refractivity contribution in [2.75, 3.05) is 37.8 Å². The fourth-order valence-corrected chi connectivity index (χ4v) is 5.36. The summed E-state index contributed by atoms with van der Waals surface area (Å²) in [5, 5.41) is 7.18. The van der Waals surface area contributed by atoms with Crippen LogP contribution in [-0.4, -0.2) is 70.1 Å². The van der Waals surface area contributed by atoms with E-state index < -0.39 is 0 Å². The number of rotatable bonds is 7. The number of hydrogen-bond donors (Lipinski definition) is 1. The van der Waals surface area contributed by atoms with Crippen LogP contribution in [0.1, 0.15) is 54.6 Å². The van der Waals surface area contributed by atoms with Crippen molar-refractivity contribution >= 4 is 35.3 Å². The van der Waals surface area contributed by atoms with Crippen LogP contribution in [0.15, 0.2) is 33.9 Å². The number of hydrogen-bond acceptors (Lipinski definition) is 7. The molecule has 0 aromatic carbocycles. The second kappa shape index (κ2) is 10.6. The molecular formula is C24H31N5O4S. The molecule has 2 aliphatic heterocycles. The molecule has 182 valence electrons. The van der Waals surface area contributed by atoms with E-state index >= 15 is 0 Å². The van der Waals surface area contributed by atoms with Crippen molar-refractivity contribution in [2.24, 2.45) is 5.41 Å². The molecule has 0 radical (unpaired) electrons. The first-order valence-corrected chi connectivity index (χ1v) is 12.9. The molecule has 2 saturated heterocycles. The summed E-state index contributed by atoms with van der Waals surface area (Å²) < 4.78 is 4.93. The van der Waals surface area contributed by atoms with Crippen LogP contribution in [-0.2, 0) is 9.59 Å². The normalized spacial score (nSPS) is 17.2. The zero-order valence-electron chi connectivity index (χ0n) is 19.7. The molecule has 4 heterocycles. The van der Waals surface area contributed by atoms with Gasteiger partial charge in [-0.15, -0.1) is 11.8 Å². The van der Waals surface area contributed by atoms with E-state index in [4.69, 9.17) is 4.52 Å². The van der Waals surface area contributed by atoms with Gasteiger partial charge >= 0.3 is 0 Å². The number of aromatic nitrogens is 2. The van der Waals surface area contributed by atoms with E-state index in [1.54, 1.807) is 25.3 Å². The van der Waals surface area contributed by atoms with E-state index in [-0.39, 0.29) is 29.6 Å². The lowest BCUT2D eigenvalue weighted by Gasteiger charge is -2.39. The molecule has 2 aromatic heterocycles. The Bertz CT molecular complexity index is 1050. The molecule has 34 heavy (non-hydrogen) atoms. The Morgan fingerprint density at radius 2 is 1.88 bits per heavy atom. The highest BCUT2D eigenvalue weighted by Gasteiger charge is 2.42. The molecule has 4 rings (SSSR count). The highest BCUT2D eigenvalue weighted by molar-refractivity contribution is 7.98. The number of thioether (sulfide) groups is 1. The zero-order valence-corrected chi connectivity index (χ0v) is 20.5. The van der Waals surface area contributed by atoms with Crippen LogP contribution in [0.5, 0.6) is 0 Å². The fourth-order valence-electron chi connectivity index (χ4n) is 4.82. The van der Waals surface area contributed by atoms with Crippen molar-refractivity contribution in [3.8, 4) is 0 Å². The second-order valence-corrected chi connectivity index (χ2v) is 9.94. The van der Waals surface area contributed by atoms with Crippen LogP contribution in [0.2, 0.25) is 0 Å². The molecular weight excluding hydrogens is 454 g/mol. The van der Waals surface area contributed by atoms with E-state index in [9.17, 15) is 14.4 Å². The summed E-state index contributed by atoms with van der Waals surface area (Å²) in [6.45, 7) is 4.64. The maximum Gasteiger partial charge on any atom is 0.256 e. The molecule has 0 saturated carbocycles. The predicted octanol–water partition coefficient (Wildman–Crippen LogP) is 3.36. The van der Waals surface area contributed by atoms with Crippen molar-refractivity contribution in [3.05, 3.63) is 35.7 Å². The van der Waals surface area contributed by atoms with Gasteiger partial charge in [0.15, 0.2) is 5.82 Å². The minimum atomic E-state index is -0.172. The Morgan fingerprint density at radius 1 is 1.15 bits per heavy atom. The van der Waals surface area contributed by atoms with Gasteiger partial charge in [0.1, 0.15) is 10.8 Å². The van der Waals surface area contributed by atoms with Gasteiger partial charge in [0, 0.05) is 51.3 Å². The fraction of sp³-hybridized carbons (Fsp3) is 0.542. The minimum Gasteiger partial charge on any atom is -0.360 e. The molecule has 0 atom stereocenters. The van der Waals surface area contributed by atoms with Crippen molar-refractivity contribution in [1.82, 2.24) is 19.9 Å². The van der Waals surface area contributed by atoms with Gasteiger partial charge < -0.3 is 19.6 Å². The first kappa shape index (κ1) is 24.3. The number of nitrogens with zero attached hydrogens (tertiary/aromatic N) is 4. The maximum atomic E-state index is 13.0. The third-order valence-electron chi connectivity index (χ3n) is 6.79. The van der Waals surface area contributed by atoms with Crippen LogP contribution >= 0.6 is 11.8 Å². The monoisotopic (exact) mass is 485 g/mol. The van der Waals surface area contributed by atoms with Gasteiger partial charge in [-0.1, -0.05) is 5.16 Å². The van der Waals surface area contributed by atoms with Crippen LogP contribution in [0.3, 0.4) is 0 Å². The number of amides is 3. The summed E-state index contributed by atoms with van der Waals surface area (Å²) in [5.74, 6) is 0.991. The summed E-state index contributed by atoms with van der Waals surface area (Å²) in [6, 6.07) is 5.30. The highest BCUT2D eigenvalue weighted by atomic mass is 32.2. The second-order valence-electron chi connectivity index (χ2n) is 9.14. The molecule has 0 bridgehead atoms. The molecule has 1 spiro atoms. The Morgan fingerprint density at radius 3 is 2.56 bits per heavy atom. The third kappa shape index (κ3) is 5.60. The molecule has 2 aliphatic rings. The SMILES string of the molecule is CSc1ncccc1C(=O)N1CCC2(CCN(C(=O)CCCC(=O)Nc3cc(C)on3)C2)CC1. The molecule has 9 nitrogen and oxygen atoms in total. The van der Waals surface area contributed by atoms with Crippen molar-refractivity contribution < 1.29 is 18.9 Å². The number of carbonyl (C=O) groups is 3. The summed E-state index contributed by atoms with van der Waals surface area (Å²) in [7, 11) is 0. The van der Waals surface area contributed by atoms with Crippen molar-refractivity contribution in [1.29, 1.82) is 0 Å². The molecule has 1 N–H and O–H groups in total. The summed E-state index contributed by atoms with van der Waals surface area (Å²) >= 11 is 1.48. The van der Waals surface area contributed by atoms with Gasteiger partial charge in [0.25, 0.3) is 5.91 Å². The first-order chi connectivity index (χ1) is 16.4. The lowest BCUT2D eigenvalue weighted by Crippen LogP contribution is -2.44. The van der Waals surface area contributed by atoms with E-state index in [2.05, 4.69) is 15.5 Å². The number of carbonyl (C=O) groups excluding carboxylic acids is 3. The van der Waals surface area contributed by atoms with Crippen LogP contribution < -0.4 is 5.32 Å². The van der Waals surface area contributed by atoms with Crippen LogP contribution in [0.4, 0.5) is 5.82 Å². The predicted molar refractivity (Wildman–Crippen MR) is 129 cm³/mol. The molecule has 3 amide bonds. The first-order valence-electron chi connectivity index (χ1n) is 11.7. The van der Waals surface area contributed by atoms with E-state index in [1.807, 2.05) is 22.1 Å². The number of pyridine rings is 1. The standard InChI is InChI=1S/C24H31N5O4S/c1-17-15-19(27-33-17)26-20(30)6-3-7-21(31)29-14-10-24(16-29)8-12-28(13-9-24)23(32)18-5-4-11-25-22(18)34-2/h4-5,11,15H,3,6-10,12-14,16H2,1-2H3,(H,26,27,30). The van der Waals surface area contributed by atoms with Gasteiger partial charge in [-0.3, -0.25) is 14.4 Å². The van der Waals surface area contributed by atoms with E-state index in [0.717, 1.165) is 37.4 Å². The number of aryl methyl sites for hydroxylation is 1. The summed E-state index contributed by atoms with van der Waals surface area (Å²) in [4.78, 5) is 45.9. The minimum absolute atomic E-state index is 0.0392. The summed E-state index contributed by atoms with van der Waals surface area (Å²) in [6.07, 6.45) is 7.52. The Kier molecular flexibility index (Phi) is 7.55. The largest absolute Gasteiger partial charge is 0.360 e. The number of piperidine rings is 1. The maximum absolute atomic E-state index is 13.0. The average molecular weight is 486 g/mol. The Balaban J connectivity index is 1.21. The van der Waals surface area contributed by atoms with Gasteiger partial charge in [-0.2, -0.15) is 0 Å². The zero-order chi connectivity index (χ0) is 24.1. The van der Waals surface area contributed by atoms with E-state index in [1.165, 1.54) is 11.8 Å². The van der Waals surface area contributed by atoms with Crippen molar-refractivity contribution in [3.63, 3.8) is 0 Å². The van der Waals surface area contributed by atoms with Gasteiger partial charge in [0.2, 0.25) is 11.8 Å². The Labute approximate surface area is 203 Å². The molecule has 0 unspecified atom stereocenters.